The first-order valence-electron chi connectivity index (χ1n) is 2.82. The third-order valence-corrected chi connectivity index (χ3v) is 1.22. The normalized spacial score (nSPS) is 5.29. The summed E-state index contributed by atoms with van der Waals surface area (Å²) in [6.07, 6.45) is 0. The molecule has 1 rings (SSSR count). The number of hydrogen-bond acceptors (Lipinski definition) is 0. The Morgan fingerprint density at radius 1 is 0.571 bits per heavy atom. The van der Waals surface area contributed by atoms with Gasteiger partial charge in [0.15, 0.2) is 0 Å². The van der Waals surface area contributed by atoms with Crippen molar-refractivity contribution in [3.05, 3.63) is 35.4 Å². The van der Waals surface area contributed by atoms with Gasteiger partial charge in [0, 0.05) is 24.4 Å². The zero-order chi connectivity index (χ0) is 5.98. The Hall–Kier alpha value is -0.162. The molecule has 0 aliphatic rings. The SMILES string of the molecule is Cc1ccc(C)cc1.O.O.O.O.O.[Sb]. The van der Waals surface area contributed by atoms with Crippen LogP contribution in [0.2, 0.25) is 0 Å². The molecule has 0 saturated carbocycles. The summed E-state index contributed by atoms with van der Waals surface area (Å²) in [5.74, 6) is 0. The van der Waals surface area contributed by atoms with Gasteiger partial charge in [-0.2, -0.15) is 0 Å². The number of benzene rings is 1. The Balaban J connectivity index is -0.0000000267. The van der Waals surface area contributed by atoms with Crippen molar-refractivity contribution in [2.45, 2.75) is 13.8 Å². The molecule has 0 unspecified atom stereocenters. The maximum absolute atomic E-state index is 2.12. The second-order valence-corrected chi connectivity index (χ2v) is 2.15. The monoisotopic (exact) mass is 317 g/mol. The van der Waals surface area contributed by atoms with Gasteiger partial charge in [0.2, 0.25) is 0 Å². The molecular formula is C8H20O5Sb. The molecule has 0 atom stereocenters. The fraction of sp³-hybridized carbons (Fsp3) is 0.250. The molecule has 0 aliphatic carbocycles. The van der Waals surface area contributed by atoms with E-state index in [0.717, 1.165) is 0 Å². The third-order valence-electron chi connectivity index (χ3n) is 1.22. The maximum Gasteiger partial charge on any atom is 0 e. The van der Waals surface area contributed by atoms with Crippen molar-refractivity contribution in [3.8, 4) is 0 Å². The summed E-state index contributed by atoms with van der Waals surface area (Å²) in [4.78, 5) is 0. The van der Waals surface area contributed by atoms with Crippen LogP contribution in [0.1, 0.15) is 11.1 Å². The molecule has 0 amide bonds. The van der Waals surface area contributed by atoms with Gasteiger partial charge in [0.25, 0.3) is 0 Å². The molecule has 0 bridgehead atoms. The molecule has 87 valence electrons. The summed E-state index contributed by atoms with van der Waals surface area (Å²) in [6.45, 7) is 4.19. The smallest absolute Gasteiger partial charge is 0 e. The molecule has 1 aromatic rings. The van der Waals surface area contributed by atoms with E-state index in [1.807, 2.05) is 0 Å². The van der Waals surface area contributed by atoms with E-state index in [9.17, 15) is 0 Å². The van der Waals surface area contributed by atoms with Crippen LogP contribution in [0, 0.1) is 13.8 Å². The maximum atomic E-state index is 2.12. The molecule has 0 saturated heterocycles. The summed E-state index contributed by atoms with van der Waals surface area (Å²) in [7, 11) is 0. The third kappa shape index (κ3) is 14.4. The first-order valence-corrected chi connectivity index (χ1v) is 2.82. The van der Waals surface area contributed by atoms with Crippen LogP contribution in [0.5, 0.6) is 0 Å². The second-order valence-electron chi connectivity index (χ2n) is 2.15. The van der Waals surface area contributed by atoms with Crippen molar-refractivity contribution in [2.24, 2.45) is 0 Å². The van der Waals surface area contributed by atoms with Crippen LogP contribution in [0.25, 0.3) is 0 Å². The van der Waals surface area contributed by atoms with Gasteiger partial charge in [0.1, 0.15) is 0 Å². The van der Waals surface area contributed by atoms with E-state index >= 15 is 0 Å². The quantitative estimate of drug-likeness (QED) is 0.476. The summed E-state index contributed by atoms with van der Waals surface area (Å²) >= 11 is 0. The van der Waals surface area contributed by atoms with E-state index in [1.54, 1.807) is 0 Å². The Labute approximate surface area is 101 Å². The van der Waals surface area contributed by atoms with Gasteiger partial charge in [-0.3, -0.25) is 0 Å². The van der Waals surface area contributed by atoms with E-state index in [-0.39, 0.29) is 51.8 Å². The number of aryl methyl sites for hydroxylation is 2. The van der Waals surface area contributed by atoms with Crippen LogP contribution >= 0.6 is 0 Å². The van der Waals surface area contributed by atoms with Gasteiger partial charge in [-0.25, -0.2) is 0 Å². The molecule has 1 aromatic carbocycles. The Morgan fingerprint density at radius 2 is 0.714 bits per heavy atom. The van der Waals surface area contributed by atoms with Gasteiger partial charge in [-0.1, -0.05) is 35.4 Å². The minimum atomic E-state index is 0. The standard InChI is InChI=1S/C8H10.5H2O.Sb/c1-7-3-5-8(2)6-4-7;;;;;;/h3-6H,1-2H3;5*1H2;. The zero-order valence-electron chi connectivity index (χ0n) is 8.26. The second kappa shape index (κ2) is 18.6. The van der Waals surface area contributed by atoms with Crippen molar-refractivity contribution >= 4 is 24.4 Å². The largest absolute Gasteiger partial charge is 0.412 e. The topological polar surface area (TPSA) is 158 Å². The van der Waals surface area contributed by atoms with Crippen LogP contribution in [0.4, 0.5) is 0 Å². The van der Waals surface area contributed by atoms with E-state index in [1.165, 1.54) is 11.1 Å². The summed E-state index contributed by atoms with van der Waals surface area (Å²) < 4.78 is 0. The average molecular weight is 318 g/mol. The molecule has 0 spiro atoms. The molecule has 0 heterocycles. The average Bonchev–Trinajstić information content (AvgIpc) is 1.77. The summed E-state index contributed by atoms with van der Waals surface area (Å²) in [6, 6.07) is 8.48. The van der Waals surface area contributed by atoms with E-state index in [2.05, 4.69) is 38.1 Å². The molecule has 14 heavy (non-hydrogen) atoms. The fourth-order valence-electron chi connectivity index (χ4n) is 0.637. The fourth-order valence-corrected chi connectivity index (χ4v) is 0.637. The molecular weight excluding hydrogens is 298 g/mol. The van der Waals surface area contributed by atoms with Crippen LogP contribution in [0.3, 0.4) is 0 Å². The summed E-state index contributed by atoms with van der Waals surface area (Å²) in [5.41, 5.74) is 2.66. The van der Waals surface area contributed by atoms with Crippen molar-refractivity contribution < 1.29 is 27.4 Å². The van der Waals surface area contributed by atoms with Crippen LogP contribution in [-0.2, 0) is 0 Å². The van der Waals surface area contributed by atoms with Gasteiger partial charge in [-0.05, 0) is 13.8 Å². The van der Waals surface area contributed by atoms with Crippen LogP contribution in [-0.4, -0.2) is 51.8 Å². The van der Waals surface area contributed by atoms with Crippen molar-refractivity contribution in [2.75, 3.05) is 0 Å². The van der Waals surface area contributed by atoms with Crippen molar-refractivity contribution in [3.63, 3.8) is 0 Å². The predicted octanol–water partition coefficient (Wildman–Crippen LogP) is -2.20. The minimum absolute atomic E-state index is 0. The van der Waals surface area contributed by atoms with E-state index in [0.29, 0.717) is 0 Å². The molecule has 0 aromatic heterocycles. The van der Waals surface area contributed by atoms with E-state index in [4.69, 9.17) is 0 Å². The van der Waals surface area contributed by atoms with Gasteiger partial charge < -0.3 is 27.4 Å². The molecule has 3 radical (unpaired) electrons. The molecule has 0 fully saturated rings. The first kappa shape index (κ1) is 37.1. The van der Waals surface area contributed by atoms with Gasteiger partial charge >= 0.3 is 0 Å². The van der Waals surface area contributed by atoms with E-state index < -0.39 is 0 Å². The Bertz CT molecular complexity index is 157. The van der Waals surface area contributed by atoms with Crippen molar-refractivity contribution in [1.82, 2.24) is 0 Å². The summed E-state index contributed by atoms with van der Waals surface area (Å²) in [5, 5.41) is 0. The predicted molar refractivity (Wildman–Crippen MR) is 59.7 cm³/mol. The molecule has 10 N–H and O–H groups in total. The van der Waals surface area contributed by atoms with Crippen LogP contribution < -0.4 is 0 Å². The van der Waals surface area contributed by atoms with Crippen LogP contribution in [0.15, 0.2) is 24.3 Å². The number of rotatable bonds is 0. The van der Waals surface area contributed by atoms with Gasteiger partial charge in [0.05, 0.1) is 0 Å². The molecule has 5 nitrogen and oxygen atoms in total. The minimum Gasteiger partial charge on any atom is -0.412 e. The van der Waals surface area contributed by atoms with Crippen molar-refractivity contribution in [1.29, 1.82) is 0 Å². The molecule has 6 heteroatoms. The first-order chi connectivity index (χ1) is 3.79. The molecule has 0 aliphatic heterocycles. The zero-order valence-corrected chi connectivity index (χ0v) is 10.8. The number of hydrogen-bond donors (Lipinski definition) is 0. The Morgan fingerprint density at radius 3 is 0.857 bits per heavy atom. The van der Waals surface area contributed by atoms with Gasteiger partial charge in [-0.15, -0.1) is 0 Å². The Kier molecular flexibility index (Phi) is 49.3.